The van der Waals surface area contributed by atoms with Gasteiger partial charge in [0.2, 0.25) is 5.91 Å². The Bertz CT molecular complexity index is 385. The largest absolute Gasteiger partial charge is 0.326 e. The lowest BCUT2D eigenvalue weighted by Crippen LogP contribution is -2.14. The average molecular weight is 219 g/mol. The van der Waals surface area contributed by atoms with Gasteiger partial charge in [0, 0.05) is 5.69 Å². The van der Waals surface area contributed by atoms with Crippen molar-refractivity contribution >= 4 is 17.4 Å². The number of nitrogens with one attached hydrogen (secondary N) is 1. The van der Waals surface area contributed by atoms with Crippen LogP contribution in [0.1, 0.15) is 32.3 Å². The number of aryl methyl sites for hydroxylation is 1. The molecule has 1 N–H and O–H groups in total. The molecule has 0 aliphatic heterocycles. The molecule has 86 valence electrons. The number of hydrogen-bond acceptors (Lipinski definition) is 2. The number of carbonyl (C=O) groups is 2. The van der Waals surface area contributed by atoms with Crippen LogP contribution >= 0.6 is 0 Å². The highest BCUT2D eigenvalue weighted by Gasteiger charge is 2.05. The van der Waals surface area contributed by atoms with E-state index >= 15 is 0 Å². The van der Waals surface area contributed by atoms with Gasteiger partial charge in [-0.05, 0) is 31.0 Å². The molecule has 0 saturated carbocycles. The van der Waals surface area contributed by atoms with Crippen LogP contribution in [0.5, 0.6) is 0 Å². The normalized spacial score (nSPS) is 9.88. The standard InChI is InChI=1S/C13H17NO2/c1-3-5-11-6-4-7-12(9-11)14-13(16)8-10(2)15/h4,6-7,9H,3,5,8H2,1-2H3,(H,14,16). The minimum atomic E-state index is -0.249. The molecule has 0 heterocycles. The van der Waals surface area contributed by atoms with Gasteiger partial charge in [0.25, 0.3) is 0 Å². The van der Waals surface area contributed by atoms with Crippen molar-refractivity contribution in [2.24, 2.45) is 0 Å². The van der Waals surface area contributed by atoms with E-state index in [1.165, 1.54) is 12.5 Å². The maximum atomic E-state index is 11.4. The lowest BCUT2D eigenvalue weighted by Gasteiger charge is -2.05. The van der Waals surface area contributed by atoms with Gasteiger partial charge in [-0.25, -0.2) is 0 Å². The number of amides is 1. The maximum Gasteiger partial charge on any atom is 0.231 e. The zero-order valence-corrected chi connectivity index (χ0v) is 9.75. The van der Waals surface area contributed by atoms with E-state index in [1.54, 1.807) is 0 Å². The summed E-state index contributed by atoms with van der Waals surface area (Å²) in [5.41, 5.74) is 1.96. The molecule has 0 atom stereocenters. The highest BCUT2D eigenvalue weighted by atomic mass is 16.2. The minimum absolute atomic E-state index is 0.0575. The zero-order valence-electron chi connectivity index (χ0n) is 9.75. The van der Waals surface area contributed by atoms with Gasteiger partial charge in [0.05, 0.1) is 6.42 Å². The Morgan fingerprint density at radius 2 is 2.06 bits per heavy atom. The van der Waals surface area contributed by atoms with Crippen LogP contribution in [0.2, 0.25) is 0 Å². The van der Waals surface area contributed by atoms with E-state index in [0.29, 0.717) is 0 Å². The lowest BCUT2D eigenvalue weighted by atomic mass is 10.1. The third-order valence-corrected chi connectivity index (χ3v) is 2.16. The summed E-state index contributed by atoms with van der Waals surface area (Å²) in [5, 5.41) is 2.71. The maximum absolute atomic E-state index is 11.4. The van der Waals surface area contributed by atoms with Crippen LogP contribution < -0.4 is 5.32 Å². The molecule has 1 amide bonds. The molecule has 0 aromatic heterocycles. The molecule has 1 aromatic carbocycles. The van der Waals surface area contributed by atoms with Crippen molar-refractivity contribution in [2.45, 2.75) is 33.1 Å². The Labute approximate surface area is 95.9 Å². The molecule has 0 saturated heterocycles. The molecule has 1 rings (SSSR count). The van der Waals surface area contributed by atoms with Gasteiger partial charge in [-0.2, -0.15) is 0 Å². The summed E-state index contributed by atoms with van der Waals surface area (Å²) in [6, 6.07) is 7.72. The number of carbonyl (C=O) groups excluding carboxylic acids is 2. The van der Waals surface area contributed by atoms with E-state index in [2.05, 4.69) is 12.2 Å². The van der Waals surface area contributed by atoms with Crippen molar-refractivity contribution in [3.8, 4) is 0 Å². The quantitative estimate of drug-likeness (QED) is 0.773. The Morgan fingerprint density at radius 3 is 2.69 bits per heavy atom. The molecule has 0 unspecified atom stereocenters. The molecule has 1 aromatic rings. The zero-order chi connectivity index (χ0) is 12.0. The Morgan fingerprint density at radius 1 is 1.31 bits per heavy atom. The van der Waals surface area contributed by atoms with Gasteiger partial charge in [-0.3, -0.25) is 9.59 Å². The van der Waals surface area contributed by atoms with Crippen molar-refractivity contribution in [3.05, 3.63) is 29.8 Å². The van der Waals surface area contributed by atoms with Crippen LogP contribution in [0.3, 0.4) is 0 Å². The van der Waals surface area contributed by atoms with E-state index < -0.39 is 0 Å². The van der Waals surface area contributed by atoms with Crippen molar-refractivity contribution in [3.63, 3.8) is 0 Å². The van der Waals surface area contributed by atoms with E-state index in [9.17, 15) is 9.59 Å². The van der Waals surface area contributed by atoms with Gasteiger partial charge in [0.15, 0.2) is 0 Å². The van der Waals surface area contributed by atoms with Crippen LogP contribution in [0.4, 0.5) is 5.69 Å². The van der Waals surface area contributed by atoms with E-state index in [4.69, 9.17) is 0 Å². The first-order valence-corrected chi connectivity index (χ1v) is 5.50. The number of Topliss-reactive ketones (excluding diaryl/α,β-unsaturated/α-hetero) is 1. The van der Waals surface area contributed by atoms with E-state index in [1.807, 2.05) is 24.3 Å². The predicted octanol–water partition coefficient (Wildman–Crippen LogP) is 2.56. The predicted molar refractivity (Wildman–Crippen MR) is 64.4 cm³/mol. The summed E-state index contributed by atoms with van der Waals surface area (Å²) in [4.78, 5) is 22.1. The smallest absolute Gasteiger partial charge is 0.231 e. The van der Waals surface area contributed by atoms with Crippen LogP contribution in [0.25, 0.3) is 0 Å². The van der Waals surface area contributed by atoms with Crippen LogP contribution in [-0.4, -0.2) is 11.7 Å². The Kier molecular flexibility index (Phi) is 4.70. The second-order valence-corrected chi connectivity index (χ2v) is 3.88. The second-order valence-electron chi connectivity index (χ2n) is 3.88. The SMILES string of the molecule is CCCc1cccc(NC(=O)CC(C)=O)c1. The van der Waals surface area contributed by atoms with E-state index in [-0.39, 0.29) is 18.1 Å². The number of ketones is 1. The summed E-state index contributed by atoms with van der Waals surface area (Å²) >= 11 is 0. The third kappa shape index (κ3) is 4.26. The fourth-order valence-electron chi connectivity index (χ4n) is 1.52. The van der Waals surface area contributed by atoms with Gasteiger partial charge >= 0.3 is 0 Å². The van der Waals surface area contributed by atoms with Gasteiger partial charge < -0.3 is 5.32 Å². The molecule has 16 heavy (non-hydrogen) atoms. The highest BCUT2D eigenvalue weighted by Crippen LogP contribution is 2.12. The van der Waals surface area contributed by atoms with Gasteiger partial charge in [-0.1, -0.05) is 25.5 Å². The first kappa shape index (κ1) is 12.4. The van der Waals surface area contributed by atoms with Crippen molar-refractivity contribution in [2.75, 3.05) is 5.32 Å². The molecule has 0 bridgehead atoms. The fraction of sp³-hybridized carbons (Fsp3) is 0.385. The Hall–Kier alpha value is -1.64. The minimum Gasteiger partial charge on any atom is -0.326 e. The van der Waals surface area contributed by atoms with Crippen LogP contribution in [-0.2, 0) is 16.0 Å². The number of benzene rings is 1. The Balaban J connectivity index is 2.62. The second kappa shape index (κ2) is 6.05. The first-order chi connectivity index (χ1) is 7.61. The van der Waals surface area contributed by atoms with Gasteiger partial charge in [0.1, 0.15) is 5.78 Å². The highest BCUT2D eigenvalue weighted by molar-refractivity contribution is 6.03. The molecule has 3 nitrogen and oxygen atoms in total. The van der Waals surface area contributed by atoms with Crippen molar-refractivity contribution < 1.29 is 9.59 Å². The first-order valence-electron chi connectivity index (χ1n) is 5.50. The van der Waals surface area contributed by atoms with Crippen LogP contribution in [0.15, 0.2) is 24.3 Å². The third-order valence-electron chi connectivity index (χ3n) is 2.16. The van der Waals surface area contributed by atoms with Crippen molar-refractivity contribution in [1.29, 1.82) is 0 Å². The monoisotopic (exact) mass is 219 g/mol. The molecule has 0 spiro atoms. The summed E-state index contributed by atoms with van der Waals surface area (Å²) < 4.78 is 0. The van der Waals surface area contributed by atoms with Gasteiger partial charge in [-0.15, -0.1) is 0 Å². The summed E-state index contributed by atoms with van der Waals surface area (Å²) in [6.07, 6.45) is 2.01. The van der Waals surface area contributed by atoms with Crippen LogP contribution in [0, 0.1) is 0 Å². The molecular weight excluding hydrogens is 202 g/mol. The molecule has 0 radical (unpaired) electrons. The molecule has 0 fully saturated rings. The summed E-state index contributed by atoms with van der Waals surface area (Å²) in [7, 11) is 0. The van der Waals surface area contributed by atoms with E-state index in [0.717, 1.165) is 18.5 Å². The molecule has 3 heteroatoms. The average Bonchev–Trinajstić information content (AvgIpc) is 2.17. The fourth-order valence-corrected chi connectivity index (χ4v) is 1.52. The van der Waals surface area contributed by atoms with Crippen molar-refractivity contribution in [1.82, 2.24) is 0 Å². The summed E-state index contributed by atoms with van der Waals surface area (Å²) in [6.45, 7) is 3.52. The lowest BCUT2D eigenvalue weighted by molar-refractivity contribution is -0.124. The number of anilines is 1. The molecule has 0 aliphatic carbocycles. The number of hydrogen-bond donors (Lipinski definition) is 1. The number of rotatable bonds is 5. The topological polar surface area (TPSA) is 46.2 Å². The molecule has 0 aliphatic rings. The molecular formula is C13H17NO2. The summed E-state index contributed by atoms with van der Waals surface area (Å²) in [5.74, 6) is -0.372.